The van der Waals surface area contributed by atoms with Crippen molar-refractivity contribution in [2.24, 2.45) is 0 Å². The number of carbonyl (C=O) groups excluding carboxylic acids is 1. The van der Waals surface area contributed by atoms with Gasteiger partial charge in [-0.25, -0.2) is 23.3 Å². The minimum Gasteiger partial charge on any atom is -0.474 e. The molecule has 1 aliphatic carbocycles. The normalized spacial score (nSPS) is 22.1. The fraction of sp³-hybridized carbons (Fsp3) is 0.773. The van der Waals surface area contributed by atoms with Crippen LogP contribution in [0, 0.1) is 6.92 Å². The van der Waals surface area contributed by atoms with Crippen molar-refractivity contribution >= 4 is 17.1 Å². The number of ether oxygens (including phenoxy) is 3. The summed E-state index contributed by atoms with van der Waals surface area (Å²) in [5.74, 6) is 1.08. The predicted octanol–water partition coefficient (Wildman–Crippen LogP) is 2.84. The van der Waals surface area contributed by atoms with Crippen molar-refractivity contribution in [3.63, 3.8) is 0 Å². The molecule has 0 aromatic carbocycles. The van der Waals surface area contributed by atoms with E-state index in [0.29, 0.717) is 30.1 Å². The molecule has 2 aliphatic heterocycles. The smallest absolute Gasteiger partial charge is 0.410 e. The summed E-state index contributed by atoms with van der Waals surface area (Å²) < 4.78 is 32.0. The average Bonchev–Trinajstić information content (AvgIpc) is 3.62. The molecule has 1 amide bonds. The van der Waals surface area contributed by atoms with Crippen molar-refractivity contribution in [3.8, 4) is 11.8 Å². The second-order valence-corrected chi connectivity index (χ2v) is 10.8. The molecular weight excluding hydrogens is 432 g/mol. The first kappa shape index (κ1) is 23.2. The maximum absolute atomic E-state index is 12.3. The zero-order valence-electron chi connectivity index (χ0n) is 19.2. The molecule has 178 valence electrons. The monoisotopic (exact) mass is 466 g/mol. The SMILES string of the molecule is Cc1c(OC2CCN(C(=O)OC(C)C)CC2)ncnc1OC1CCN(S(=O)C2CC2)CC1. The summed E-state index contributed by atoms with van der Waals surface area (Å²) in [7, 11) is -0.830. The van der Waals surface area contributed by atoms with Gasteiger partial charge in [-0.2, -0.15) is 0 Å². The lowest BCUT2D eigenvalue weighted by Gasteiger charge is -2.32. The molecule has 0 spiro atoms. The maximum Gasteiger partial charge on any atom is 0.410 e. The van der Waals surface area contributed by atoms with Gasteiger partial charge in [-0.1, -0.05) is 0 Å². The third-order valence-corrected chi connectivity index (χ3v) is 7.97. The quantitative estimate of drug-likeness (QED) is 0.610. The molecule has 32 heavy (non-hydrogen) atoms. The van der Waals surface area contributed by atoms with E-state index in [1.54, 1.807) is 4.90 Å². The Balaban J connectivity index is 1.27. The third-order valence-electron chi connectivity index (χ3n) is 6.05. The lowest BCUT2D eigenvalue weighted by Crippen LogP contribution is -2.42. The Morgan fingerprint density at radius 2 is 1.50 bits per heavy atom. The number of piperidine rings is 2. The second-order valence-electron chi connectivity index (χ2n) is 9.07. The van der Waals surface area contributed by atoms with Gasteiger partial charge in [0.1, 0.15) is 18.5 Å². The fourth-order valence-corrected chi connectivity index (χ4v) is 5.55. The average molecular weight is 467 g/mol. The molecule has 10 heteroatoms. The van der Waals surface area contributed by atoms with Crippen LogP contribution in [0.4, 0.5) is 4.79 Å². The van der Waals surface area contributed by atoms with E-state index in [2.05, 4.69) is 14.3 Å². The molecule has 1 aromatic heterocycles. The fourth-order valence-electron chi connectivity index (χ4n) is 4.02. The summed E-state index contributed by atoms with van der Waals surface area (Å²) >= 11 is 0. The molecule has 0 N–H and O–H groups in total. The van der Waals surface area contributed by atoms with E-state index in [4.69, 9.17) is 14.2 Å². The Morgan fingerprint density at radius 1 is 0.969 bits per heavy atom. The molecule has 1 saturated carbocycles. The van der Waals surface area contributed by atoms with E-state index in [-0.39, 0.29) is 24.4 Å². The highest BCUT2D eigenvalue weighted by Crippen LogP contribution is 2.31. The zero-order valence-corrected chi connectivity index (χ0v) is 20.0. The minimum atomic E-state index is -0.830. The van der Waals surface area contributed by atoms with Crippen molar-refractivity contribution < 1.29 is 23.2 Å². The Hall–Kier alpha value is -1.94. The number of aromatic nitrogens is 2. The maximum atomic E-state index is 12.3. The molecule has 0 radical (unpaired) electrons. The molecule has 3 aliphatic rings. The lowest BCUT2D eigenvalue weighted by atomic mass is 10.1. The molecule has 4 rings (SSSR count). The number of amides is 1. The summed E-state index contributed by atoms with van der Waals surface area (Å²) in [6, 6.07) is 0. The molecule has 1 unspecified atom stereocenters. The Kier molecular flexibility index (Phi) is 7.50. The largest absolute Gasteiger partial charge is 0.474 e. The zero-order chi connectivity index (χ0) is 22.7. The molecule has 3 fully saturated rings. The first-order valence-electron chi connectivity index (χ1n) is 11.7. The standard InChI is InChI=1S/C22H34N4O5S/c1-15(2)29-22(27)25-10-6-17(7-11-25)30-20-16(3)21(24-14-23-20)31-18-8-12-26(13-9-18)32(28)19-4-5-19/h14-15,17-19H,4-13H2,1-3H3. The van der Waals surface area contributed by atoms with Gasteiger partial charge in [0.05, 0.1) is 22.7 Å². The van der Waals surface area contributed by atoms with Gasteiger partial charge >= 0.3 is 6.09 Å². The van der Waals surface area contributed by atoms with Crippen LogP contribution >= 0.6 is 0 Å². The molecule has 9 nitrogen and oxygen atoms in total. The topological polar surface area (TPSA) is 94.1 Å². The highest BCUT2D eigenvalue weighted by molar-refractivity contribution is 7.83. The first-order chi connectivity index (χ1) is 15.4. The van der Waals surface area contributed by atoms with Gasteiger partial charge in [0.15, 0.2) is 0 Å². The Labute approximate surface area is 192 Å². The number of hydrogen-bond donors (Lipinski definition) is 0. The van der Waals surface area contributed by atoms with E-state index in [0.717, 1.165) is 57.2 Å². The molecule has 0 bridgehead atoms. The van der Waals surface area contributed by atoms with Crippen LogP contribution in [0.1, 0.15) is 57.9 Å². The highest BCUT2D eigenvalue weighted by Gasteiger charge is 2.35. The summed E-state index contributed by atoms with van der Waals surface area (Å²) in [5.41, 5.74) is 0.790. The van der Waals surface area contributed by atoms with E-state index in [1.807, 2.05) is 20.8 Å². The number of nitrogens with zero attached hydrogens (tertiary/aromatic N) is 4. The molecule has 2 saturated heterocycles. The van der Waals surface area contributed by atoms with Gasteiger partial charge < -0.3 is 19.1 Å². The minimum absolute atomic E-state index is 0.0137. The van der Waals surface area contributed by atoms with Gasteiger partial charge in [0.2, 0.25) is 11.8 Å². The van der Waals surface area contributed by atoms with Gasteiger partial charge in [0, 0.05) is 44.3 Å². The van der Waals surface area contributed by atoms with Gasteiger partial charge in [-0.15, -0.1) is 0 Å². The number of rotatable bonds is 7. The van der Waals surface area contributed by atoms with Crippen LogP contribution in [-0.2, 0) is 15.7 Å². The van der Waals surface area contributed by atoms with Crippen LogP contribution < -0.4 is 9.47 Å². The predicted molar refractivity (Wildman–Crippen MR) is 120 cm³/mol. The summed E-state index contributed by atoms with van der Waals surface area (Å²) in [5, 5.41) is 0.379. The van der Waals surface area contributed by atoms with Crippen LogP contribution in [0.5, 0.6) is 11.8 Å². The van der Waals surface area contributed by atoms with Crippen LogP contribution in [0.2, 0.25) is 0 Å². The van der Waals surface area contributed by atoms with Crippen molar-refractivity contribution in [2.75, 3.05) is 26.2 Å². The van der Waals surface area contributed by atoms with E-state index < -0.39 is 11.0 Å². The van der Waals surface area contributed by atoms with E-state index in [9.17, 15) is 9.00 Å². The van der Waals surface area contributed by atoms with Gasteiger partial charge in [-0.3, -0.25) is 0 Å². The number of carbonyl (C=O) groups is 1. The highest BCUT2D eigenvalue weighted by atomic mass is 32.2. The van der Waals surface area contributed by atoms with Crippen molar-refractivity contribution in [3.05, 3.63) is 11.9 Å². The van der Waals surface area contributed by atoms with Crippen LogP contribution in [0.3, 0.4) is 0 Å². The summed E-state index contributed by atoms with van der Waals surface area (Å²) in [4.78, 5) is 22.4. The van der Waals surface area contributed by atoms with Crippen molar-refractivity contribution in [1.29, 1.82) is 0 Å². The van der Waals surface area contributed by atoms with Gasteiger partial charge in [0.25, 0.3) is 0 Å². The van der Waals surface area contributed by atoms with Crippen LogP contribution in [0.15, 0.2) is 6.33 Å². The summed E-state index contributed by atoms with van der Waals surface area (Å²) in [6.45, 7) is 8.40. The molecular formula is C22H34N4O5S. The Morgan fingerprint density at radius 3 is 2.00 bits per heavy atom. The van der Waals surface area contributed by atoms with E-state index >= 15 is 0 Å². The molecule has 3 heterocycles. The lowest BCUT2D eigenvalue weighted by molar-refractivity contribution is 0.0503. The van der Waals surface area contributed by atoms with Crippen LogP contribution in [-0.4, -0.2) is 79.2 Å². The number of hydrogen-bond acceptors (Lipinski definition) is 7. The van der Waals surface area contributed by atoms with E-state index in [1.165, 1.54) is 6.33 Å². The van der Waals surface area contributed by atoms with Gasteiger partial charge in [-0.05, 0) is 46.5 Å². The third kappa shape index (κ3) is 5.89. The number of likely N-dealkylation sites (tertiary alicyclic amines) is 1. The molecule has 1 aromatic rings. The van der Waals surface area contributed by atoms with Crippen molar-refractivity contribution in [1.82, 2.24) is 19.2 Å². The van der Waals surface area contributed by atoms with Crippen molar-refractivity contribution in [2.45, 2.75) is 82.9 Å². The first-order valence-corrected chi connectivity index (χ1v) is 12.8. The summed E-state index contributed by atoms with van der Waals surface area (Å²) in [6.07, 6.45) is 6.44. The molecule has 1 atom stereocenters. The van der Waals surface area contributed by atoms with Crippen LogP contribution in [0.25, 0.3) is 0 Å². The second kappa shape index (κ2) is 10.3. The Bertz CT molecular complexity index is 819.